The standard InChI is InChI=1S/C11H18N2O/c1-8(2)11(14,9(3)4)10-5-12-7-13-6-10/h5-9,14H,1-4H3. The fraction of sp³-hybridized carbons (Fsp3) is 0.636. The normalized spacial score (nSPS) is 12.5. The average molecular weight is 194 g/mol. The topological polar surface area (TPSA) is 46.0 Å². The zero-order chi connectivity index (χ0) is 10.8. The Bertz CT molecular complexity index is 275. The Hall–Kier alpha value is -0.960. The summed E-state index contributed by atoms with van der Waals surface area (Å²) in [4.78, 5) is 7.89. The maximum atomic E-state index is 10.6. The van der Waals surface area contributed by atoms with Crippen molar-refractivity contribution >= 4 is 0 Å². The Morgan fingerprint density at radius 1 is 1.07 bits per heavy atom. The van der Waals surface area contributed by atoms with Gasteiger partial charge < -0.3 is 5.11 Å². The van der Waals surface area contributed by atoms with E-state index in [4.69, 9.17) is 0 Å². The van der Waals surface area contributed by atoms with Crippen molar-refractivity contribution in [1.29, 1.82) is 0 Å². The summed E-state index contributed by atoms with van der Waals surface area (Å²) >= 11 is 0. The summed E-state index contributed by atoms with van der Waals surface area (Å²) in [6.45, 7) is 8.03. The summed E-state index contributed by atoms with van der Waals surface area (Å²) in [6.07, 6.45) is 4.85. The van der Waals surface area contributed by atoms with Crippen LogP contribution >= 0.6 is 0 Å². The van der Waals surface area contributed by atoms with Crippen molar-refractivity contribution in [2.24, 2.45) is 11.8 Å². The van der Waals surface area contributed by atoms with Gasteiger partial charge in [0, 0.05) is 18.0 Å². The molecule has 0 aromatic carbocycles. The predicted octanol–water partition coefficient (Wildman–Crippen LogP) is 1.98. The van der Waals surface area contributed by atoms with Crippen LogP contribution in [0, 0.1) is 11.8 Å². The van der Waals surface area contributed by atoms with Gasteiger partial charge in [-0.15, -0.1) is 0 Å². The van der Waals surface area contributed by atoms with Gasteiger partial charge in [-0.1, -0.05) is 27.7 Å². The minimum absolute atomic E-state index is 0.147. The Morgan fingerprint density at radius 3 is 1.86 bits per heavy atom. The third-order valence-corrected chi connectivity index (χ3v) is 2.78. The lowest BCUT2D eigenvalue weighted by Gasteiger charge is -2.36. The Labute approximate surface area is 85.2 Å². The third-order valence-electron chi connectivity index (χ3n) is 2.78. The van der Waals surface area contributed by atoms with E-state index in [1.807, 2.05) is 27.7 Å². The lowest BCUT2D eigenvalue weighted by molar-refractivity contribution is -0.0536. The van der Waals surface area contributed by atoms with Crippen molar-refractivity contribution < 1.29 is 5.11 Å². The maximum absolute atomic E-state index is 10.6. The van der Waals surface area contributed by atoms with Crippen LogP contribution in [-0.2, 0) is 5.60 Å². The summed E-state index contributed by atoms with van der Waals surface area (Å²) in [5.74, 6) is 0.294. The van der Waals surface area contributed by atoms with Crippen LogP contribution in [-0.4, -0.2) is 15.1 Å². The number of aromatic nitrogens is 2. The molecule has 0 radical (unpaired) electrons. The zero-order valence-electron chi connectivity index (χ0n) is 9.23. The monoisotopic (exact) mass is 194 g/mol. The van der Waals surface area contributed by atoms with E-state index < -0.39 is 5.60 Å². The number of aliphatic hydroxyl groups is 1. The maximum Gasteiger partial charge on any atom is 0.115 e. The molecule has 78 valence electrons. The molecule has 0 bridgehead atoms. The van der Waals surface area contributed by atoms with E-state index in [-0.39, 0.29) is 11.8 Å². The highest BCUT2D eigenvalue weighted by atomic mass is 16.3. The lowest BCUT2D eigenvalue weighted by atomic mass is 9.76. The van der Waals surface area contributed by atoms with Gasteiger partial charge in [0.05, 0.1) is 5.60 Å². The molecular weight excluding hydrogens is 176 g/mol. The molecule has 0 spiro atoms. The quantitative estimate of drug-likeness (QED) is 0.800. The summed E-state index contributed by atoms with van der Waals surface area (Å²) < 4.78 is 0. The van der Waals surface area contributed by atoms with Crippen LogP contribution in [0.5, 0.6) is 0 Å². The Kier molecular flexibility index (Phi) is 3.21. The van der Waals surface area contributed by atoms with E-state index in [1.165, 1.54) is 6.33 Å². The highest BCUT2D eigenvalue weighted by Crippen LogP contribution is 2.35. The molecule has 1 heterocycles. The molecule has 0 saturated heterocycles. The molecule has 0 amide bonds. The van der Waals surface area contributed by atoms with Crippen molar-refractivity contribution in [3.8, 4) is 0 Å². The van der Waals surface area contributed by atoms with Crippen LogP contribution in [0.1, 0.15) is 33.3 Å². The first-order chi connectivity index (χ1) is 6.49. The molecule has 0 aliphatic carbocycles. The second-order valence-corrected chi connectivity index (χ2v) is 4.26. The van der Waals surface area contributed by atoms with Gasteiger partial charge in [0.15, 0.2) is 0 Å². The number of rotatable bonds is 3. The van der Waals surface area contributed by atoms with E-state index in [1.54, 1.807) is 12.4 Å². The van der Waals surface area contributed by atoms with Crippen LogP contribution in [0.25, 0.3) is 0 Å². The summed E-state index contributed by atoms with van der Waals surface area (Å²) in [6, 6.07) is 0. The molecule has 3 heteroatoms. The molecule has 14 heavy (non-hydrogen) atoms. The van der Waals surface area contributed by atoms with E-state index >= 15 is 0 Å². The number of nitrogens with zero attached hydrogens (tertiary/aromatic N) is 2. The smallest absolute Gasteiger partial charge is 0.115 e. The van der Waals surface area contributed by atoms with Gasteiger partial charge in [-0.25, -0.2) is 9.97 Å². The molecule has 1 aromatic rings. The minimum atomic E-state index is -0.832. The van der Waals surface area contributed by atoms with Crippen molar-refractivity contribution in [1.82, 2.24) is 9.97 Å². The molecule has 1 rings (SSSR count). The Morgan fingerprint density at radius 2 is 1.50 bits per heavy atom. The van der Waals surface area contributed by atoms with Crippen molar-refractivity contribution in [2.75, 3.05) is 0 Å². The molecule has 0 aliphatic heterocycles. The van der Waals surface area contributed by atoms with E-state index in [2.05, 4.69) is 9.97 Å². The fourth-order valence-corrected chi connectivity index (χ4v) is 1.84. The lowest BCUT2D eigenvalue weighted by Crippen LogP contribution is -2.37. The molecule has 1 aromatic heterocycles. The van der Waals surface area contributed by atoms with Crippen LogP contribution in [0.15, 0.2) is 18.7 Å². The molecule has 0 aliphatic rings. The fourth-order valence-electron chi connectivity index (χ4n) is 1.84. The van der Waals surface area contributed by atoms with Gasteiger partial charge >= 0.3 is 0 Å². The van der Waals surface area contributed by atoms with Crippen LogP contribution < -0.4 is 0 Å². The first-order valence-corrected chi connectivity index (χ1v) is 4.97. The van der Waals surface area contributed by atoms with Crippen molar-refractivity contribution in [3.05, 3.63) is 24.3 Å². The minimum Gasteiger partial charge on any atom is -0.385 e. The SMILES string of the molecule is CC(C)C(O)(c1cncnc1)C(C)C. The predicted molar refractivity (Wildman–Crippen MR) is 55.6 cm³/mol. The highest BCUT2D eigenvalue weighted by molar-refractivity contribution is 5.16. The second kappa shape index (κ2) is 4.05. The molecule has 1 N–H and O–H groups in total. The molecule has 0 unspecified atom stereocenters. The first kappa shape index (κ1) is 11.1. The highest BCUT2D eigenvalue weighted by Gasteiger charge is 2.36. The molecule has 3 nitrogen and oxygen atoms in total. The average Bonchev–Trinajstić information content (AvgIpc) is 2.17. The van der Waals surface area contributed by atoms with Crippen LogP contribution in [0.3, 0.4) is 0 Å². The first-order valence-electron chi connectivity index (χ1n) is 4.97. The number of hydrogen-bond acceptors (Lipinski definition) is 3. The Balaban J connectivity index is 3.13. The van der Waals surface area contributed by atoms with Gasteiger partial charge in [0.1, 0.15) is 6.33 Å². The van der Waals surface area contributed by atoms with Crippen LogP contribution in [0.4, 0.5) is 0 Å². The third kappa shape index (κ3) is 1.77. The van der Waals surface area contributed by atoms with Gasteiger partial charge in [-0.05, 0) is 11.8 Å². The summed E-state index contributed by atoms with van der Waals surface area (Å²) in [5, 5.41) is 10.6. The summed E-state index contributed by atoms with van der Waals surface area (Å²) in [7, 11) is 0. The van der Waals surface area contributed by atoms with Crippen molar-refractivity contribution in [3.63, 3.8) is 0 Å². The molecule has 0 fully saturated rings. The second-order valence-electron chi connectivity index (χ2n) is 4.26. The van der Waals surface area contributed by atoms with Gasteiger partial charge in [-0.3, -0.25) is 0 Å². The van der Waals surface area contributed by atoms with Crippen molar-refractivity contribution in [2.45, 2.75) is 33.3 Å². The van der Waals surface area contributed by atoms with Gasteiger partial charge in [-0.2, -0.15) is 0 Å². The van der Waals surface area contributed by atoms with E-state index in [0.717, 1.165) is 5.56 Å². The summed E-state index contributed by atoms with van der Waals surface area (Å²) in [5.41, 5.74) is -0.0358. The van der Waals surface area contributed by atoms with E-state index in [0.29, 0.717) is 0 Å². The number of hydrogen-bond donors (Lipinski definition) is 1. The largest absolute Gasteiger partial charge is 0.385 e. The van der Waals surface area contributed by atoms with Gasteiger partial charge in [0.25, 0.3) is 0 Å². The molecule has 0 atom stereocenters. The molecular formula is C11H18N2O. The van der Waals surface area contributed by atoms with Gasteiger partial charge in [0.2, 0.25) is 0 Å². The molecule has 0 saturated carbocycles. The van der Waals surface area contributed by atoms with E-state index in [9.17, 15) is 5.11 Å². The zero-order valence-corrected chi connectivity index (χ0v) is 9.23. The van der Waals surface area contributed by atoms with Crippen LogP contribution in [0.2, 0.25) is 0 Å².